The number of carbonyl (C=O) groups is 1. The lowest BCUT2D eigenvalue weighted by molar-refractivity contribution is -0.120. The Morgan fingerprint density at radius 2 is 1.88 bits per heavy atom. The van der Waals surface area contributed by atoms with E-state index in [2.05, 4.69) is 41.8 Å². The van der Waals surface area contributed by atoms with Crippen molar-refractivity contribution in [1.82, 2.24) is 5.32 Å². The van der Waals surface area contributed by atoms with Crippen LogP contribution in [-0.4, -0.2) is 19.0 Å². The molecule has 0 fully saturated rings. The third-order valence-corrected chi connectivity index (χ3v) is 2.42. The van der Waals surface area contributed by atoms with Gasteiger partial charge in [0.25, 0.3) is 0 Å². The Morgan fingerprint density at radius 3 is 2.44 bits per heavy atom. The van der Waals surface area contributed by atoms with E-state index in [9.17, 15) is 4.79 Å². The summed E-state index contributed by atoms with van der Waals surface area (Å²) < 4.78 is 0. The van der Waals surface area contributed by atoms with Crippen LogP contribution in [-0.2, 0) is 11.2 Å². The molecule has 0 bridgehead atoms. The summed E-state index contributed by atoms with van der Waals surface area (Å²) in [5.74, 6) is 0.0974. The summed E-state index contributed by atoms with van der Waals surface area (Å²) in [7, 11) is 0. The molecule has 0 aromatic heterocycles. The van der Waals surface area contributed by atoms with Crippen LogP contribution in [0.1, 0.15) is 25.8 Å². The van der Waals surface area contributed by atoms with Crippen molar-refractivity contribution in [2.24, 2.45) is 0 Å². The topological polar surface area (TPSA) is 41.1 Å². The number of carbonyl (C=O) groups excluding carboxylic acids is 1. The predicted molar refractivity (Wildman–Crippen MR) is 67.6 cm³/mol. The van der Waals surface area contributed by atoms with Crippen LogP contribution in [0.5, 0.6) is 0 Å². The van der Waals surface area contributed by atoms with E-state index in [0.29, 0.717) is 19.5 Å². The lowest BCUT2D eigenvalue weighted by Crippen LogP contribution is -2.24. The molecular formula is C13H20N2O. The summed E-state index contributed by atoms with van der Waals surface area (Å²) in [6, 6.07) is 8.32. The van der Waals surface area contributed by atoms with E-state index in [1.165, 1.54) is 5.56 Å². The van der Waals surface area contributed by atoms with Gasteiger partial charge in [0.1, 0.15) is 0 Å². The highest BCUT2D eigenvalue weighted by Gasteiger charge is 1.98. The van der Waals surface area contributed by atoms with Crippen molar-refractivity contribution in [1.29, 1.82) is 0 Å². The molecular weight excluding hydrogens is 200 g/mol. The SMILES string of the molecule is CCNC(=O)CCNc1ccc(CC)cc1. The fourth-order valence-electron chi connectivity index (χ4n) is 1.46. The van der Waals surface area contributed by atoms with Crippen molar-refractivity contribution in [3.8, 4) is 0 Å². The summed E-state index contributed by atoms with van der Waals surface area (Å²) in [5.41, 5.74) is 2.40. The molecule has 1 rings (SSSR count). The highest BCUT2D eigenvalue weighted by atomic mass is 16.1. The van der Waals surface area contributed by atoms with Gasteiger partial charge in [-0.1, -0.05) is 19.1 Å². The van der Waals surface area contributed by atoms with E-state index in [4.69, 9.17) is 0 Å². The molecule has 1 aromatic carbocycles. The number of benzene rings is 1. The third-order valence-electron chi connectivity index (χ3n) is 2.42. The van der Waals surface area contributed by atoms with Crippen molar-refractivity contribution in [2.75, 3.05) is 18.4 Å². The minimum atomic E-state index is 0.0974. The van der Waals surface area contributed by atoms with Crippen LogP contribution in [0.25, 0.3) is 0 Å². The highest BCUT2D eigenvalue weighted by molar-refractivity contribution is 5.76. The van der Waals surface area contributed by atoms with Crippen molar-refractivity contribution >= 4 is 11.6 Å². The number of rotatable bonds is 6. The van der Waals surface area contributed by atoms with Gasteiger partial charge >= 0.3 is 0 Å². The molecule has 1 amide bonds. The van der Waals surface area contributed by atoms with Crippen molar-refractivity contribution in [3.05, 3.63) is 29.8 Å². The molecule has 1 aromatic rings. The van der Waals surface area contributed by atoms with E-state index in [-0.39, 0.29) is 5.91 Å². The van der Waals surface area contributed by atoms with E-state index >= 15 is 0 Å². The molecule has 0 aliphatic rings. The minimum absolute atomic E-state index is 0.0974. The van der Waals surface area contributed by atoms with Gasteiger partial charge < -0.3 is 10.6 Å². The second-order valence-electron chi connectivity index (χ2n) is 3.68. The number of hydrogen-bond acceptors (Lipinski definition) is 2. The van der Waals surface area contributed by atoms with E-state index in [0.717, 1.165) is 12.1 Å². The molecule has 0 radical (unpaired) electrons. The van der Waals surface area contributed by atoms with Crippen molar-refractivity contribution < 1.29 is 4.79 Å². The zero-order chi connectivity index (χ0) is 11.8. The van der Waals surface area contributed by atoms with Gasteiger partial charge in [-0.25, -0.2) is 0 Å². The van der Waals surface area contributed by atoms with Gasteiger partial charge in [-0.2, -0.15) is 0 Å². The quantitative estimate of drug-likeness (QED) is 0.771. The van der Waals surface area contributed by atoms with Crippen LogP contribution >= 0.6 is 0 Å². The zero-order valence-corrected chi connectivity index (χ0v) is 10.0. The summed E-state index contributed by atoms with van der Waals surface area (Å²) in [6.45, 7) is 5.44. The fraction of sp³-hybridized carbons (Fsp3) is 0.462. The average Bonchev–Trinajstić information content (AvgIpc) is 2.30. The lowest BCUT2D eigenvalue weighted by atomic mass is 10.1. The van der Waals surface area contributed by atoms with Gasteiger partial charge in [-0.05, 0) is 31.0 Å². The molecule has 16 heavy (non-hydrogen) atoms. The standard InChI is InChI=1S/C13H20N2O/c1-3-11-5-7-12(8-6-11)15-10-9-13(16)14-4-2/h5-8,15H,3-4,9-10H2,1-2H3,(H,14,16). The first kappa shape index (κ1) is 12.6. The second kappa shape index (κ2) is 6.88. The molecule has 0 saturated carbocycles. The Kier molecular flexibility index (Phi) is 5.40. The van der Waals surface area contributed by atoms with Crippen LogP contribution in [0, 0.1) is 0 Å². The first-order valence-corrected chi connectivity index (χ1v) is 5.85. The molecule has 0 aliphatic heterocycles. The number of amides is 1. The molecule has 0 heterocycles. The minimum Gasteiger partial charge on any atom is -0.385 e. The molecule has 3 nitrogen and oxygen atoms in total. The van der Waals surface area contributed by atoms with Gasteiger partial charge in [0, 0.05) is 25.2 Å². The Labute approximate surface area is 97.2 Å². The molecule has 0 aliphatic carbocycles. The van der Waals surface area contributed by atoms with Crippen molar-refractivity contribution in [3.63, 3.8) is 0 Å². The Bertz CT molecular complexity index is 319. The monoisotopic (exact) mass is 220 g/mol. The molecule has 88 valence electrons. The Morgan fingerprint density at radius 1 is 1.19 bits per heavy atom. The summed E-state index contributed by atoms with van der Waals surface area (Å²) in [6.07, 6.45) is 1.57. The van der Waals surface area contributed by atoms with Gasteiger partial charge in [-0.15, -0.1) is 0 Å². The maximum absolute atomic E-state index is 11.2. The average molecular weight is 220 g/mol. The highest BCUT2D eigenvalue weighted by Crippen LogP contribution is 2.09. The summed E-state index contributed by atoms with van der Waals surface area (Å²) in [4.78, 5) is 11.2. The first-order valence-electron chi connectivity index (χ1n) is 5.85. The predicted octanol–water partition coefficient (Wildman–Crippen LogP) is 2.19. The molecule has 0 atom stereocenters. The van der Waals surface area contributed by atoms with Crippen LogP contribution in [0.4, 0.5) is 5.69 Å². The van der Waals surface area contributed by atoms with Crippen LogP contribution < -0.4 is 10.6 Å². The van der Waals surface area contributed by atoms with Gasteiger partial charge in [0.2, 0.25) is 5.91 Å². The molecule has 2 N–H and O–H groups in total. The molecule has 0 saturated heterocycles. The lowest BCUT2D eigenvalue weighted by Gasteiger charge is -2.07. The first-order chi connectivity index (χ1) is 7.76. The summed E-state index contributed by atoms with van der Waals surface area (Å²) >= 11 is 0. The Hall–Kier alpha value is -1.51. The fourth-order valence-corrected chi connectivity index (χ4v) is 1.46. The van der Waals surface area contributed by atoms with E-state index < -0.39 is 0 Å². The normalized spacial score (nSPS) is 9.88. The maximum atomic E-state index is 11.2. The zero-order valence-electron chi connectivity index (χ0n) is 10.0. The second-order valence-corrected chi connectivity index (χ2v) is 3.68. The number of aryl methyl sites for hydroxylation is 1. The molecule has 0 unspecified atom stereocenters. The largest absolute Gasteiger partial charge is 0.385 e. The molecule has 3 heteroatoms. The van der Waals surface area contributed by atoms with Crippen LogP contribution in [0.15, 0.2) is 24.3 Å². The Balaban J connectivity index is 2.29. The number of nitrogens with one attached hydrogen (secondary N) is 2. The van der Waals surface area contributed by atoms with Crippen molar-refractivity contribution in [2.45, 2.75) is 26.7 Å². The molecule has 0 spiro atoms. The third kappa shape index (κ3) is 4.34. The smallest absolute Gasteiger partial charge is 0.221 e. The van der Waals surface area contributed by atoms with Crippen LogP contribution in [0.3, 0.4) is 0 Å². The van der Waals surface area contributed by atoms with Crippen LogP contribution in [0.2, 0.25) is 0 Å². The summed E-state index contributed by atoms with van der Waals surface area (Å²) in [5, 5.41) is 6.00. The van der Waals surface area contributed by atoms with Gasteiger partial charge in [-0.3, -0.25) is 4.79 Å². The van der Waals surface area contributed by atoms with Gasteiger partial charge in [0.15, 0.2) is 0 Å². The maximum Gasteiger partial charge on any atom is 0.221 e. The van der Waals surface area contributed by atoms with E-state index in [1.807, 2.05) is 6.92 Å². The van der Waals surface area contributed by atoms with E-state index in [1.54, 1.807) is 0 Å². The van der Waals surface area contributed by atoms with Gasteiger partial charge in [0.05, 0.1) is 0 Å². The number of anilines is 1. The number of hydrogen-bond donors (Lipinski definition) is 2.